The summed E-state index contributed by atoms with van der Waals surface area (Å²) in [4.78, 5) is 11.6. The molecule has 182 valence electrons. The predicted octanol–water partition coefficient (Wildman–Crippen LogP) is 6.91. The third-order valence-corrected chi connectivity index (χ3v) is 6.36. The van der Waals surface area contributed by atoms with Crippen molar-refractivity contribution in [1.82, 2.24) is 9.78 Å². The Morgan fingerprint density at radius 3 is 2.32 bits per heavy atom. The maximum atomic E-state index is 12.9. The Balaban J connectivity index is 1.88. The van der Waals surface area contributed by atoms with E-state index in [2.05, 4.69) is 5.10 Å². The maximum absolute atomic E-state index is 12.9. The number of nitrogens with zero attached hydrogens (tertiary/aromatic N) is 2. The van der Waals surface area contributed by atoms with E-state index in [4.69, 9.17) is 21.4 Å². The number of carbonyl (C=O) groups is 1. The summed E-state index contributed by atoms with van der Waals surface area (Å²) in [7, 11) is 0. The van der Waals surface area contributed by atoms with Gasteiger partial charge in [0.05, 0.1) is 16.9 Å². The number of benzene rings is 2. The van der Waals surface area contributed by atoms with E-state index in [9.17, 15) is 18.0 Å². The highest BCUT2D eigenvalue weighted by atomic mass is 35.5. The van der Waals surface area contributed by atoms with Crippen molar-refractivity contribution in [2.75, 3.05) is 6.61 Å². The lowest BCUT2D eigenvalue weighted by atomic mass is 9.90. The molecule has 0 bridgehead atoms. The van der Waals surface area contributed by atoms with Crippen LogP contribution >= 0.6 is 23.4 Å². The largest absolute Gasteiger partial charge is 0.482 e. The van der Waals surface area contributed by atoms with E-state index in [0.29, 0.717) is 22.3 Å². The molecule has 1 heterocycles. The summed E-state index contributed by atoms with van der Waals surface area (Å²) in [5.74, 6) is -0.0663. The standard InChI is InChI=1S/C24H24ClF3N2O3S/c1-14-11-17(9-10-19(14)33-12-20(31)32)34-13-18-21(23(2,3)4)29-30(22(18)25)16-7-5-15(6-8-16)24(26,27)28/h5-11H,12-13H2,1-4H3,(H,31,32). The van der Waals surface area contributed by atoms with Crippen molar-refractivity contribution in [3.8, 4) is 11.4 Å². The minimum absolute atomic E-state index is 0.343. The van der Waals surface area contributed by atoms with E-state index in [1.807, 2.05) is 39.8 Å². The number of carboxylic acids is 1. The van der Waals surface area contributed by atoms with Gasteiger partial charge in [0.2, 0.25) is 0 Å². The number of rotatable bonds is 7. The molecule has 1 N–H and O–H groups in total. The molecule has 10 heteroatoms. The molecular formula is C24H24ClF3N2O3S. The Morgan fingerprint density at radius 2 is 1.79 bits per heavy atom. The minimum Gasteiger partial charge on any atom is -0.482 e. The van der Waals surface area contributed by atoms with Crippen LogP contribution in [-0.2, 0) is 22.1 Å². The van der Waals surface area contributed by atoms with Crippen molar-refractivity contribution in [1.29, 1.82) is 0 Å². The number of alkyl halides is 3. The lowest BCUT2D eigenvalue weighted by molar-refractivity contribution is -0.139. The molecule has 0 saturated heterocycles. The van der Waals surface area contributed by atoms with Crippen LogP contribution in [0.25, 0.3) is 5.69 Å². The number of ether oxygens (including phenoxy) is 1. The van der Waals surface area contributed by atoms with Gasteiger partial charge in [0, 0.05) is 21.6 Å². The Kier molecular flexibility index (Phi) is 7.57. The van der Waals surface area contributed by atoms with Gasteiger partial charge in [-0.05, 0) is 55.0 Å². The number of aliphatic carboxylic acids is 1. The minimum atomic E-state index is -4.42. The topological polar surface area (TPSA) is 64.4 Å². The predicted molar refractivity (Wildman–Crippen MR) is 126 cm³/mol. The van der Waals surface area contributed by atoms with Crippen LogP contribution in [0, 0.1) is 6.92 Å². The highest BCUT2D eigenvalue weighted by molar-refractivity contribution is 7.98. The molecule has 0 aliphatic heterocycles. The van der Waals surface area contributed by atoms with Crippen LogP contribution in [0.2, 0.25) is 5.15 Å². The monoisotopic (exact) mass is 512 g/mol. The quantitative estimate of drug-likeness (QED) is 0.349. The molecule has 2 aromatic carbocycles. The zero-order valence-corrected chi connectivity index (χ0v) is 20.6. The van der Waals surface area contributed by atoms with Crippen LogP contribution in [0.5, 0.6) is 5.75 Å². The van der Waals surface area contributed by atoms with Crippen LogP contribution in [0.1, 0.15) is 43.2 Å². The fourth-order valence-electron chi connectivity index (χ4n) is 3.29. The molecule has 0 amide bonds. The molecule has 0 spiro atoms. The molecule has 0 saturated carbocycles. The van der Waals surface area contributed by atoms with E-state index in [0.717, 1.165) is 33.8 Å². The lowest BCUT2D eigenvalue weighted by Gasteiger charge is -2.17. The van der Waals surface area contributed by atoms with Gasteiger partial charge in [-0.2, -0.15) is 18.3 Å². The van der Waals surface area contributed by atoms with Gasteiger partial charge in [0.15, 0.2) is 6.61 Å². The molecule has 3 rings (SSSR count). The van der Waals surface area contributed by atoms with Gasteiger partial charge in [-0.25, -0.2) is 9.48 Å². The number of hydrogen-bond acceptors (Lipinski definition) is 4. The summed E-state index contributed by atoms with van der Waals surface area (Å²) in [5, 5.41) is 13.8. The Bertz CT molecular complexity index is 1190. The molecule has 0 aliphatic rings. The summed E-state index contributed by atoms with van der Waals surface area (Å²) in [6.07, 6.45) is -4.42. The second-order valence-electron chi connectivity index (χ2n) is 8.72. The molecule has 0 aliphatic carbocycles. The fourth-order valence-corrected chi connectivity index (χ4v) is 4.67. The molecule has 0 atom stereocenters. The SMILES string of the molecule is Cc1cc(SCc2c(C(C)(C)C)nn(-c3ccc(C(F)(F)F)cc3)c2Cl)ccc1OCC(=O)O. The first-order valence-electron chi connectivity index (χ1n) is 10.3. The van der Waals surface area contributed by atoms with Crippen LogP contribution < -0.4 is 4.74 Å². The van der Waals surface area contributed by atoms with E-state index < -0.39 is 24.3 Å². The number of aryl methyl sites for hydroxylation is 1. The highest BCUT2D eigenvalue weighted by Gasteiger charge is 2.31. The van der Waals surface area contributed by atoms with Crippen molar-refractivity contribution in [2.24, 2.45) is 0 Å². The lowest BCUT2D eigenvalue weighted by Crippen LogP contribution is -2.14. The third kappa shape index (κ3) is 6.07. The average Bonchev–Trinajstić information content (AvgIpc) is 3.07. The summed E-state index contributed by atoms with van der Waals surface area (Å²) < 4.78 is 45.5. The molecular weight excluding hydrogens is 489 g/mol. The number of aromatic nitrogens is 2. The van der Waals surface area contributed by atoms with E-state index in [-0.39, 0.29) is 5.41 Å². The average molecular weight is 513 g/mol. The summed E-state index contributed by atoms with van der Waals surface area (Å²) in [5.41, 5.74) is 1.70. The van der Waals surface area contributed by atoms with Gasteiger partial charge in [-0.3, -0.25) is 0 Å². The van der Waals surface area contributed by atoms with Crippen LogP contribution in [0.15, 0.2) is 47.4 Å². The Labute approximate surface area is 204 Å². The van der Waals surface area contributed by atoms with E-state index >= 15 is 0 Å². The van der Waals surface area contributed by atoms with E-state index in [1.165, 1.54) is 28.6 Å². The van der Waals surface area contributed by atoms with Crippen LogP contribution in [0.4, 0.5) is 13.2 Å². The van der Waals surface area contributed by atoms with Crippen LogP contribution in [-0.4, -0.2) is 27.5 Å². The smallest absolute Gasteiger partial charge is 0.416 e. The van der Waals surface area contributed by atoms with Gasteiger partial charge in [-0.15, -0.1) is 11.8 Å². The van der Waals surface area contributed by atoms with Gasteiger partial charge in [0.25, 0.3) is 0 Å². The Morgan fingerprint density at radius 1 is 1.15 bits per heavy atom. The zero-order valence-electron chi connectivity index (χ0n) is 19.0. The first-order valence-corrected chi connectivity index (χ1v) is 11.7. The second kappa shape index (κ2) is 9.92. The van der Waals surface area contributed by atoms with E-state index in [1.54, 1.807) is 6.07 Å². The van der Waals surface area contributed by atoms with Crippen molar-refractivity contribution in [3.63, 3.8) is 0 Å². The van der Waals surface area contributed by atoms with Gasteiger partial charge < -0.3 is 9.84 Å². The fraction of sp³-hybridized carbons (Fsp3) is 0.333. The molecule has 0 fully saturated rings. The summed E-state index contributed by atoms with van der Waals surface area (Å²) >= 11 is 8.20. The molecule has 34 heavy (non-hydrogen) atoms. The number of halogens is 4. The number of carboxylic acid groups (broad SMARTS) is 1. The first-order chi connectivity index (χ1) is 15.8. The van der Waals surface area contributed by atoms with Crippen molar-refractivity contribution < 1.29 is 27.8 Å². The highest BCUT2D eigenvalue weighted by Crippen LogP contribution is 2.37. The van der Waals surface area contributed by atoms with Gasteiger partial charge >= 0.3 is 12.1 Å². The zero-order chi connectivity index (χ0) is 25.3. The van der Waals surface area contributed by atoms with Crippen molar-refractivity contribution in [3.05, 3.63) is 70.0 Å². The molecule has 5 nitrogen and oxygen atoms in total. The van der Waals surface area contributed by atoms with Gasteiger partial charge in [-0.1, -0.05) is 32.4 Å². The number of thioether (sulfide) groups is 1. The van der Waals surface area contributed by atoms with Crippen molar-refractivity contribution >= 4 is 29.3 Å². The van der Waals surface area contributed by atoms with Gasteiger partial charge in [0.1, 0.15) is 10.9 Å². The Hall–Kier alpha value is -2.65. The van der Waals surface area contributed by atoms with Crippen LogP contribution in [0.3, 0.4) is 0 Å². The summed E-state index contributed by atoms with van der Waals surface area (Å²) in [6.45, 7) is 7.40. The second-order valence-corrected chi connectivity index (χ2v) is 10.1. The van der Waals surface area contributed by atoms with Crippen molar-refractivity contribution in [2.45, 2.75) is 49.9 Å². The first kappa shape index (κ1) is 26.0. The molecule has 0 unspecified atom stereocenters. The number of hydrogen-bond donors (Lipinski definition) is 1. The summed E-state index contributed by atoms with van der Waals surface area (Å²) in [6, 6.07) is 10.2. The molecule has 3 aromatic rings. The normalized spacial score (nSPS) is 12.1. The molecule has 1 aromatic heterocycles. The molecule has 0 radical (unpaired) electrons. The maximum Gasteiger partial charge on any atom is 0.416 e. The third-order valence-electron chi connectivity index (χ3n) is 4.95.